The number of aromatic nitrogens is 3. The molecule has 0 saturated carbocycles. The Bertz CT molecular complexity index is 1110. The fraction of sp³-hybridized carbons (Fsp3) is 0.0500. The van der Waals surface area contributed by atoms with Gasteiger partial charge in [-0.1, -0.05) is 24.2 Å². The van der Waals surface area contributed by atoms with Crippen molar-refractivity contribution < 1.29 is 14.3 Å². The number of nitrogens with zero attached hydrogens (tertiary/aromatic N) is 3. The molecule has 9 nitrogen and oxygen atoms in total. The third-order valence-corrected chi connectivity index (χ3v) is 3.94. The van der Waals surface area contributed by atoms with E-state index in [9.17, 15) is 9.59 Å². The van der Waals surface area contributed by atoms with Crippen LogP contribution in [0, 0.1) is 0 Å². The van der Waals surface area contributed by atoms with E-state index in [0.29, 0.717) is 27.6 Å². The predicted octanol–water partition coefficient (Wildman–Crippen LogP) is 3.92. The molecule has 3 N–H and O–H groups in total. The fourth-order valence-corrected chi connectivity index (χ4v) is 2.68. The Balaban J connectivity index is 1.77. The molecule has 0 aliphatic rings. The van der Waals surface area contributed by atoms with Crippen LogP contribution in [0.4, 0.5) is 29.0 Å². The normalized spacial score (nSPS) is 10.1. The quantitative estimate of drug-likeness (QED) is 0.385. The Kier molecular flexibility index (Phi) is 6.56. The summed E-state index contributed by atoms with van der Waals surface area (Å²) in [5.74, 6) is -0.315. The van der Waals surface area contributed by atoms with E-state index < -0.39 is 5.97 Å². The Hall–Kier alpha value is -3.98. The number of rotatable bonds is 7. The van der Waals surface area contributed by atoms with Gasteiger partial charge in [0.2, 0.25) is 17.8 Å². The largest absolute Gasteiger partial charge is 0.465 e. The Morgan fingerprint density at radius 1 is 1.03 bits per heavy atom. The van der Waals surface area contributed by atoms with Crippen molar-refractivity contribution in [3.8, 4) is 0 Å². The first-order valence-corrected chi connectivity index (χ1v) is 9.00. The summed E-state index contributed by atoms with van der Waals surface area (Å²) in [6, 6.07) is 11.7. The molecule has 0 aliphatic carbocycles. The molecular formula is C20H17ClN6O3. The van der Waals surface area contributed by atoms with E-state index in [4.69, 9.17) is 16.3 Å². The molecule has 1 amide bonds. The van der Waals surface area contributed by atoms with Gasteiger partial charge in [-0.3, -0.25) is 4.79 Å². The number of anilines is 5. The predicted molar refractivity (Wildman–Crippen MR) is 114 cm³/mol. The summed E-state index contributed by atoms with van der Waals surface area (Å²) in [5.41, 5.74) is 2.05. The van der Waals surface area contributed by atoms with Crippen molar-refractivity contribution in [1.29, 1.82) is 0 Å². The van der Waals surface area contributed by atoms with Crippen LogP contribution in [0.5, 0.6) is 0 Å². The third kappa shape index (κ3) is 5.52. The molecule has 0 radical (unpaired) electrons. The molecule has 3 aromatic rings. The number of esters is 1. The second-order valence-corrected chi connectivity index (χ2v) is 6.31. The summed E-state index contributed by atoms with van der Waals surface area (Å²) in [4.78, 5) is 35.6. The summed E-state index contributed by atoms with van der Waals surface area (Å²) in [6.45, 7) is 3.42. The van der Waals surface area contributed by atoms with Crippen molar-refractivity contribution in [3.05, 3.63) is 72.0 Å². The molecule has 0 unspecified atom stereocenters. The minimum absolute atomic E-state index is 0.238. The standard InChI is InChI=1S/C20H17ClN6O3/c1-3-17(28)24-14-5-4-6-15(10-14)25-19-22-11-23-20(27-19)26-16-8-12(18(29)30-2)7-13(21)9-16/h3-11H,1H2,2H3,(H,24,28)(H2,22,23,25,26,27). The van der Waals surface area contributed by atoms with Gasteiger partial charge in [-0.2, -0.15) is 4.98 Å². The Morgan fingerprint density at radius 2 is 1.73 bits per heavy atom. The summed E-state index contributed by atoms with van der Waals surface area (Å²) in [5, 5.41) is 9.03. The third-order valence-electron chi connectivity index (χ3n) is 3.72. The van der Waals surface area contributed by atoms with E-state index in [2.05, 4.69) is 37.5 Å². The topological polar surface area (TPSA) is 118 Å². The highest BCUT2D eigenvalue weighted by molar-refractivity contribution is 6.31. The lowest BCUT2D eigenvalue weighted by atomic mass is 10.2. The summed E-state index contributed by atoms with van der Waals surface area (Å²) in [6.07, 6.45) is 2.51. The van der Waals surface area contributed by atoms with Crippen LogP contribution in [-0.2, 0) is 9.53 Å². The van der Waals surface area contributed by atoms with Gasteiger partial charge >= 0.3 is 5.97 Å². The fourth-order valence-electron chi connectivity index (χ4n) is 2.44. The monoisotopic (exact) mass is 424 g/mol. The molecule has 0 saturated heterocycles. The van der Waals surface area contributed by atoms with Crippen molar-refractivity contribution in [2.24, 2.45) is 0 Å². The van der Waals surface area contributed by atoms with E-state index in [1.807, 2.05) is 0 Å². The molecule has 3 rings (SSSR count). The molecule has 0 spiro atoms. The zero-order valence-electron chi connectivity index (χ0n) is 15.8. The van der Waals surface area contributed by atoms with Crippen molar-refractivity contribution in [3.63, 3.8) is 0 Å². The highest BCUT2D eigenvalue weighted by atomic mass is 35.5. The van der Waals surface area contributed by atoms with Crippen LogP contribution >= 0.6 is 11.6 Å². The first-order valence-electron chi connectivity index (χ1n) is 8.62. The van der Waals surface area contributed by atoms with Crippen LogP contribution < -0.4 is 16.0 Å². The van der Waals surface area contributed by atoms with Gasteiger partial charge in [0, 0.05) is 22.1 Å². The van der Waals surface area contributed by atoms with E-state index >= 15 is 0 Å². The summed E-state index contributed by atoms with van der Waals surface area (Å²) in [7, 11) is 1.29. The number of benzene rings is 2. The van der Waals surface area contributed by atoms with Crippen LogP contribution in [-0.4, -0.2) is 33.9 Å². The van der Waals surface area contributed by atoms with E-state index in [-0.39, 0.29) is 17.8 Å². The van der Waals surface area contributed by atoms with E-state index in [1.54, 1.807) is 36.4 Å². The van der Waals surface area contributed by atoms with Gasteiger partial charge in [-0.05, 0) is 42.5 Å². The SMILES string of the molecule is C=CC(=O)Nc1cccc(Nc2ncnc(Nc3cc(Cl)cc(C(=O)OC)c3)n2)c1. The lowest BCUT2D eigenvalue weighted by Crippen LogP contribution is -2.07. The number of carbonyl (C=O) groups is 2. The number of nitrogens with one attached hydrogen (secondary N) is 3. The highest BCUT2D eigenvalue weighted by Crippen LogP contribution is 2.23. The van der Waals surface area contributed by atoms with Crippen molar-refractivity contribution in [1.82, 2.24) is 15.0 Å². The van der Waals surface area contributed by atoms with Gasteiger partial charge in [0.25, 0.3) is 0 Å². The lowest BCUT2D eigenvalue weighted by molar-refractivity contribution is -0.111. The Labute approximate surface area is 177 Å². The zero-order chi connectivity index (χ0) is 21.5. The molecular weight excluding hydrogens is 408 g/mol. The first-order chi connectivity index (χ1) is 14.5. The average Bonchev–Trinajstić information content (AvgIpc) is 2.73. The summed E-state index contributed by atoms with van der Waals surface area (Å²) >= 11 is 6.07. The molecule has 0 bridgehead atoms. The number of amides is 1. The van der Waals surface area contributed by atoms with E-state index in [1.165, 1.54) is 25.6 Å². The maximum absolute atomic E-state index is 11.7. The van der Waals surface area contributed by atoms with Crippen LogP contribution in [0.1, 0.15) is 10.4 Å². The number of carbonyl (C=O) groups excluding carboxylic acids is 2. The first kappa shape index (κ1) is 20.7. The van der Waals surface area contributed by atoms with Crippen LogP contribution in [0.3, 0.4) is 0 Å². The van der Waals surface area contributed by atoms with Gasteiger partial charge in [-0.25, -0.2) is 14.8 Å². The van der Waals surface area contributed by atoms with Gasteiger partial charge in [-0.15, -0.1) is 0 Å². The van der Waals surface area contributed by atoms with Gasteiger partial charge in [0.15, 0.2) is 0 Å². The van der Waals surface area contributed by atoms with Gasteiger partial charge in [0.1, 0.15) is 6.33 Å². The van der Waals surface area contributed by atoms with Crippen molar-refractivity contribution in [2.75, 3.05) is 23.1 Å². The summed E-state index contributed by atoms with van der Waals surface area (Å²) < 4.78 is 4.71. The zero-order valence-corrected chi connectivity index (χ0v) is 16.6. The number of hydrogen-bond donors (Lipinski definition) is 3. The second kappa shape index (κ2) is 9.48. The molecule has 0 aliphatic heterocycles. The van der Waals surface area contributed by atoms with Crippen LogP contribution in [0.2, 0.25) is 5.02 Å². The molecule has 10 heteroatoms. The maximum atomic E-state index is 11.7. The second-order valence-electron chi connectivity index (χ2n) is 5.88. The number of ether oxygens (including phenoxy) is 1. The lowest BCUT2D eigenvalue weighted by Gasteiger charge is -2.10. The molecule has 152 valence electrons. The molecule has 1 aromatic heterocycles. The van der Waals surface area contributed by atoms with Crippen molar-refractivity contribution >= 4 is 52.4 Å². The average molecular weight is 425 g/mol. The Morgan fingerprint density at radius 3 is 2.43 bits per heavy atom. The number of methoxy groups -OCH3 is 1. The van der Waals surface area contributed by atoms with Crippen LogP contribution in [0.25, 0.3) is 0 Å². The molecule has 2 aromatic carbocycles. The molecule has 0 fully saturated rings. The molecule has 1 heterocycles. The molecule has 0 atom stereocenters. The number of halogens is 1. The molecule has 30 heavy (non-hydrogen) atoms. The minimum Gasteiger partial charge on any atom is -0.465 e. The van der Waals surface area contributed by atoms with Gasteiger partial charge < -0.3 is 20.7 Å². The van der Waals surface area contributed by atoms with Gasteiger partial charge in [0.05, 0.1) is 12.7 Å². The van der Waals surface area contributed by atoms with Crippen LogP contribution in [0.15, 0.2) is 61.4 Å². The highest BCUT2D eigenvalue weighted by Gasteiger charge is 2.10. The van der Waals surface area contributed by atoms with E-state index in [0.717, 1.165) is 0 Å². The smallest absolute Gasteiger partial charge is 0.337 e. The number of hydrogen-bond acceptors (Lipinski definition) is 8. The maximum Gasteiger partial charge on any atom is 0.337 e. The van der Waals surface area contributed by atoms with Crippen molar-refractivity contribution in [2.45, 2.75) is 0 Å². The minimum atomic E-state index is -0.512.